The fraction of sp³-hybridized carbons (Fsp3) is 0.654. The van der Waals surface area contributed by atoms with Crippen molar-refractivity contribution in [3.05, 3.63) is 24.3 Å². The summed E-state index contributed by atoms with van der Waals surface area (Å²) in [6, 6.07) is 6.14. The van der Waals surface area contributed by atoms with E-state index in [1.54, 1.807) is 17.0 Å². The molecule has 0 amide bonds. The maximum Gasteiger partial charge on any atom is 0.362 e. The topological polar surface area (TPSA) is 234 Å². The average Bonchev–Trinajstić information content (AvgIpc) is 3.02. The minimum atomic E-state index is -4.37. The number of esters is 2. The molecular weight excluding hydrogens is 651 g/mol. The van der Waals surface area contributed by atoms with Crippen molar-refractivity contribution >= 4 is 36.5 Å². The summed E-state index contributed by atoms with van der Waals surface area (Å²) in [4.78, 5) is 66.1. The van der Waals surface area contributed by atoms with Gasteiger partial charge in [0.1, 0.15) is 23.0 Å². The third kappa shape index (κ3) is 16.3. The highest BCUT2D eigenvalue weighted by molar-refractivity contribution is 7.83. The highest BCUT2D eigenvalue weighted by Gasteiger charge is 2.24. The van der Waals surface area contributed by atoms with E-state index in [4.69, 9.17) is 20.1 Å². The molecule has 1 heterocycles. The first-order valence-corrected chi connectivity index (χ1v) is 17.3. The van der Waals surface area contributed by atoms with E-state index in [0.717, 1.165) is 0 Å². The predicted octanol–water partition coefficient (Wildman–Crippen LogP) is -2.84. The molecule has 18 nitrogen and oxygen atoms in total. The highest BCUT2D eigenvalue weighted by Crippen LogP contribution is 2.34. The number of ether oxygens (including phenoxy) is 3. The number of nitrogens with zero attached hydrogens (tertiary/aromatic N) is 4. The number of nitrogens with one attached hydrogen (secondary N) is 1. The second-order valence-electron chi connectivity index (χ2n) is 10.5. The molecule has 1 aliphatic rings. The SMILES string of the molecule is COC(=O)CN1CCN(CC(O)CNS(=O)c2ccc(OCC(=O)ON)cc2)CCN(CC(=O)OC)CCN(CP(=O)(O)O)CC1. The van der Waals surface area contributed by atoms with E-state index in [1.165, 1.54) is 26.4 Å². The van der Waals surface area contributed by atoms with Crippen LogP contribution in [0.3, 0.4) is 0 Å². The minimum Gasteiger partial charge on any atom is -0.482 e. The van der Waals surface area contributed by atoms with Gasteiger partial charge in [0.15, 0.2) is 6.61 Å². The maximum absolute atomic E-state index is 12.8. The lowest BCUT2D eigenvalue weighted by Crippen LogP contribution is -2.49. The van der Waals surface area contributed by atoms with E-state index in [-0.39, 0.29) is 45.9 Å². The molecule has 0 saturated carbocycles. The quantitative estimate of drug-likeness (QED) is 0.0706. The van der Waals surface area contributed by atoms with E-state index in [1.807, 2.05) is 14.7 Å². The van der Waals surface area contributed by atoms with Crippen molar-refractivity contribution in [2.45, 2.75) is 11.0 Å². The molecule has 0 spiro atoms. The van der Waals surface area contributed by atoms with Gasteiger partial charge in [-0.05, 0) is 24.3 Å². The van der Waals surface area contributed by atoms with Crippen LogP contribution >= 0.6 is 7.60 Å². The number of β-amino-alcohol motifs (C(OH)–C–C–N with tert-alkyl or cyclic N) is 1. The van der Waals surface area contributed by atoms with Gasteiger partial charge in [0.05, 0.1) is 38.3 Å². The fourth-order valence-corrected chi connectivity index (χ4v) is 6.12. The second kappa shape index (κ2) is 20.6. The van der Waals surface area contributed by atoms with Crippen LogP contribution in [0.1, 0.15) is 0 Å². The molecule has 20 heteroatoms. The predicted molar refractivity (Wildman–Crippen MR) is 164 cm³/mol. The van der Waals surface area contributed by atoms with Gasteiger partial charge in [-0.2, -0.15) is 5.90 Å². The summed E-state index contributed by atoms with van der Waals surface area (Å²) in [5, 5.41) is 10.8. The number of aliphatic hydroxyl groups excluding tert-OH is 1. The van der Waals surface area contributed by atoms with Crippen LogP contribution in [0.5, 0.6) is 5.75 Å². The van der Waals surface area contributed by atoms with Gasteiger partial charge in [0, 0.05) is 65.4 Å². The van der Waals surface area contributed by atoms with Crippen molar-refractivity contribution < 1.29 is 57.1 Å². The Morgan fingerprint density at radius 2 is 1.35 bits per heavy atom. The Kier molecular flexibility index (Phi) is 17.8. The average molecular weight is 697 g/mol. The first-order valence-electron chi connectivity index (χ1n) is 14.3. The molecule has 0 aromatic heterocycles. The highest BCUT2D eigenvalue weighted by atomic mass is 32.2. The minimum absolute atomic E-state index is 0.0151. The monoisotopic (exact) mass is 696 g/mol. The molecular formula is C26H45N6O12PS. The molecule has 0 bridgehead atoms. The van der Waals surface area contributed by atoms with Gasteiger partial charge >= 0.3 is 25.5 Å². The molecule has 0 radical (unpaired) electrons. The Balaban J connectivity index is 2.07. The number of aliphatic hydroxyl groups is 1. The van der Waals surface area contributed by atoms with Gasteiger partial charge < -0.3 is 33.9 Å². The number of methoxy groups -OCH3 is 2. The van der Waals surface area contributed by atoms with Crippen LogP contribution in [-0.4, -0.2) is 168 Å². The molecule has 2 rings (SSSR count). The molecule has 1 aliphatic heterocycles. The van der Waals surface area contributed by atoms with Crippen LogP contribution in [0, 0.1) is 0 Å². The van der Waals surface area contributed by atoms with Crippen LogP contribution in [0.2, 0.25) is 0 Å². The molecule has 262 valence electrons. The van der Waals surface area contributed by atoms with Crippen molar-refractivity contribution in [3.63, 3.8) is 0 Å². The van der Waals surface area contributed by atoms with Crippen molar-refractivity contribution in [1.29, 1.82) is 0 Å². The van der Waals surface area contributed by atoms with Gasteiger partial charge in [-0.25, -0.2) is 13.7 Å². The van der Waals surface area contributed by atoms with Gasteiger partial charge in [-0.15, -0.1) is 0 Å². The van der Waals surface area contributed by atoms with Gasteiger partial charge in [0.25, 0.3) is 0 Å². The summed E-state index contributed by atoms with van der Waals surface area (Å²) in [5.41, 5.74) is 0. The smallest absolute Gasteiger partial charge is 0.362 e. The van der Waals surface area contributed by atoms with Gasteiger partial charge in [-0.1, -0.05) is 0 Å². The lowest BCUT2D eigenvalue weighted by atomic mass is 10.3. The number of carbonyl (C=O) groups is 3. The first-order chi connectivity index (χ1) is 21.8. The zero-order valence-electron chi connectivity index (χ0n) is 26.0. The number of nitrogens with two attached hydrogens (primary N) is 1. The molecule has 0 aliphatic carbocycles. The van der Waals surface area contributed by atoms with Crippen molar-refractivity contribution in [2.75, 3.05) is 106 Å². The Labute approximate surface area is 270 Å². The number of carbonyl (C=O) groups excluding carboxylic acids is 3. The number of hydrogen-bond acceptors (Lipinski definition) is 15. The Bertz CT molecular complexity index is 1140. The van der Waals surface area contributed by atoms with Crippen LogP contribution in [0.25, 0.3) is 0 Å². The summed E-state index contributed by atoms with van der Waals surface area (Å²) >= 11 is 0. The van der Waals surface area contributed by atoms with E-state index < -0.39 is 48.9 Å². The van der Waals surface area contributed by atoms with Crippen molar-refractivity contribution in [3.8, 4) is 5.75 Å². The summed E-state index contributed by atoms with van der Waals surface area (Å²) < 4.78 is 42.2. The van der Waals surface area contributed by atoms with E-state index in [9.17, 15) is 38.1 Å². The van der Waals surface area contributed by atoms with E-state index >= 15 is 0 Å². The van der Waals surface area contributed by atoms with Gasteiger partial charge in [0.2, 0.25) is 0 Å². The Morgan fingerprint density at radius 3 is 1.80 bits per heavy atom. The summed E-state index contributed by atoms with van der Waals surface area (Å²) in [7, 11) is -3.48. The number of benzene rings is 1. The van der Waals surface area contributed by atoms with Crippen molar-refractivity contribution in [1.82, 2.24) is 24.3 Å². The fourth-order valence-electron chi connectivity index (χ4n) is 4.43. The van der Waals surface area contributed by atoms with Gasteiger partial charge in [-0.3, -0.25) is 33.8 Å². The lowest BCUT2D eigenvalue weighted by Gasteiger charge is -2.34. The summed E-state index contributed by atoms with van der Waals surface area (Å²) in [6.45, 7) is 2.39. The molecule has 6 N–H and O–H groups in total. The van der Waals surface area contributed by atoms with Crippen LogP contribution < -0.4 is 15.4 Å². The van der Waals surface area contributed by atoms with Crippen LogP contribution in [0.4, 0.5) is 0 Å². The van der Waals surface area contributed by atoms with Crippen LogP contribution in [0.15, 0.2) is 29.2 Å². The molecule has 1 aromatic rings. The Morgan fingerprint density at radius 1 is 0.870 bits per heavy atom. The molecule has 46 heavy (non-hydrogen) atoms. The summed E-state index contributed by atoms with van der Waals surface area (Å²) in [6.07, 6.45) is -1.41. The second-order valence-corrected chi connectivity index (χ2v) is 13.4. The van der Waals surface area contributed by atoms with E-state index in [2.05, 4.69) is 9.56 Å². The third-order valence-electron chi connectivity index (χ3n) is 6.92. The largest absolute Gasteiger partial charge is 0.482 e. The molecule has 1 aromatic carbocycles. The lowest BCUT2D eigenvalue weighted by molar-refractivity contribution is -0.146. The first kappa shape index (κ1) is 39.6. The number of hydrogen-bond donors (Lipinski definition) is 5. The molecule has 2 atom stereocenters. The normalized spacial score (nSPS) is 18.0. The van der Waals surface area contributed by atoms with Crippen molar-refractivity contribution in [2.24, 2.45) is 5.90 Å². The third-order valence-corrected chi connectivity index (χ3v) is 8.82. The van der Waals surface area contributed by atoms with Crippen LogP contribution in [-0.2, 0) is 44.2 Å². The Hall–Kier alpha value is -2.55. The molecule has 1 fully saturated rings. The standard InChI is InChI=1S/C26H45N6O12PS/c1-41-24(34)17-30-9-7-29(8-10-31(18-25(35)42-2)12-14-32(13-11-30)20-45(37,38)39)16-21(33)15-28-46(40)23-5-3-22(4-6-23)43-19-26(36)44-27/h3-6,21,28,33H,7-20,27H2,1-2H3,(H2,37,38,39). The molecule has 1 saturated heterocycles. The zero-order valence-corrected chi connectivity index (χ0v) is 27.7. The number of rotatable bonds is 15. The zero-order chi connectivity index (χ0) is 34.1. The summed E-state index contributed by atoms with van der Waals surface area (Å²) in [5.74, 6) is 3.44. The molecule has 2 unspecified atom stereocenters. The van der Waals surface area contributed by atoms with E-state index in [0.29, 0.717) is 49.9 Å². The maximum atomic E-state index is 12.8.